The number of hydrogen-bond acceptors (Lipinski definition) is 2. The first-order valence-electron chi connectivity index (χ1n) is 6.85. The van der Waals surface area contributed by atoms with Gasteiger partial charge < -0.3 is 10.3 Å². The van der Waals surface area contributed by atoms with E-state index in [1.54, 1.807) is 17.0 Å². The second-order valence-corrected chi connectivity index (χ2v) is 4.75. The summed E-state index contributed by atoms with van der Waals surface area (Å²) in [6.45, 7) is 5.44. The Hall–Kier alpha value is -1.97. The summed E-state index contributed by atoms with van der Waals surface area (Å²) >= 11 is 0. The number of hydrogen-bond donors (Lipinski definition) is 2. The van der Waals surface area contributed by atoms with Crippen LogP contribution in [-0.2, 0) is 0 Å². The molecular formula is C15H21N3O. The van der Waals surface area contributed by atoms with Crippen molar-refractivity contribution in [3.05, 3.63) is 47.1 Å². The van der Waals surface area contributed by atoms with Gasteiger partial charge in [0.2, 0.25) is 0 Å². The normalized spacial score (nSPS) is 10.9. The Labute approximate surface area is 113 Å². The molecule has 4 nitrogen and oxygen atoms in total. The van der Waals surface area contributed by atoms with Gasteiger partial charge in [-0.2, -0.15) is 0 Å². The molecule has 0 atom stereocenters. The third-order valence-electron chi connectivity index (χ3n) is 3.54. The number of rotatable bonds is 6. The van der Waals surface area contributed by atoms with Crippen LogP contribution in [0.4, 0.5) is 5.69 Å². The van der Waals surface area contributed by atoms with E-state index >= 15 is 0 Å². The van der Waals surface area contributed by atoms with Gasteiger partial charge in [-0.1, -0.05) is 26.7 Å². The van der Waals surface area contributed by atoms with Crippen LogP contribution in [0.15, 0.2) is 41.5 Å². The molecule has 0 bridgehead atoms. The summed E-state index contributed by atoms with van der Waals surface area (Å²) in [5.41, 5.74) is 1.86. The Bertz CT molecular complexity index is 549. The summed E-state index contributed by atoms with van der Waals surface area (Å²) in [4.78, 5) is 14.1. The number of imidazole rings is 1. The van der Waals surface area contributed by atoms with Gasteiger partial charge >= 0.3 is 5.69 Å². The minimum Gasteiger partial charge on any atom is -0.385 e. The smallest absolute Gasteiger partial charge is 0.330 e. The lowest BCUT2D eigenvalue weighted by Gasteiger charge is -2.14. The van der Waals surface area contributed by atoms with Crippen molar-refractivity contribution in [3.63, 3.8) is 0 Å². The topological polar surface area (TPSA) is 49.8 Å². The number of nitrogens with zero attached hydrogens (tertiary/aromatic N) is 1. The molecule has 19 heavy (non-hydrogen) atoms. The largest absolute Gasteiger partial charge is 0.385 e. The van der Waals surface area contributed by atoms with Crippen molar-refractivity contribution in [2.24, 2.45) is 5.92 Å². The van der Waals surface area contributed by atoms with E-state index in [2.05, 4.69) is 24.1 Å². The van der Waals surface area contributed by atoms with E-state index < -0.39 is 0 Å². The van der Waals surface area contributed by atoms with Crippen molar-refractivity contribution in [3.8, 4) is 5.69 Å². The summed E-state index contributed by atoms with van der Waals surface area (Å²) in [6.07, 6.45) is 5.76. The number of anilines is 1. The first-order valence-corrected chi connectivity index (χ1v) is 6.85. The average molecular weight is 259 g/mol. The van der Waals surface area contributed by atoms with Crippen LogP contribution < -0.4 is 11.0 Å². The van der Waals surface area contributed by atoms with E-state index in [4.69, 9.17) is 0 Å². The number of aromatic amines is 1. The first kappa shape index (κ1) is 13.5. The van der Waals surface area contributed by atoms with Crippen LogP contribution in [0, 0.1) is 5.92 Å². The Morgan fingerprint density at radius 2 is 1.89 bits per heavy atom. The molecule has 0 radical (unpaired) electrons. The Kier molecular flexibility index (Phi) is 4.44. The molecular weight excluding hydrogens is 238 g/mol. The highest BCUT2D eigenvalue weighted by atomic mass is 16.1. The average Bonchev–Trinajstić information content (AvgIpc) is 2.87. The predicted molar refractivity (Wildman–Crippen MR) is 79.0 cm³/mol. The summed E-state index contributed by atoms with van der Waals surface area (Å²) in [6, 6.07) is 7.92. The van der Waals surface area contributed by atoms with Crippen molar-refractivity contribution in [1.29, 1.82) is 0 Å². The molecule has 2 aromatic rings. The molecule has 0 saturated heterocycles. The van der Waals surface area contributed by atoms with Gasteiger partial charge in [-0.15, -0.1) is 0 Å². The third kappa shape index (κ3) is 3.28. The Morgan fingerprint density at radius 3 is 2.42 bits per heavy atom. The van der Waals surface area contributed by atoms with Crippen molar-refractivity contribution in [2.75, 3.05) is 11.9 Å². The van der Waals surface area contributed by atoms with E-state index in [-0.39, 0.29) is 5.69 Å². The molecule has 0 spiro atoms. The predicted octanol–water partition coefficient (Wildman–Crippen LogP) is 3.01. The molecule has 102 valence electrons. The van der Waals surface area contributed by atoms with Crippen LogP contribution in [0.2, 0.25) is 0 Å². The fourth-order valence-corrected chi connectivity index (χ4v) is 2.10. The Morgan fingerprint density at radius 1 is 1.21 bits per heavy atom. The molecule has 1 aromatic carbocycles. The van der Waals surface area contributed by atoms with Gasteiger partial charge in [0.25, 0.3) is 0 Å². The lowest BCUT2D eigenvalue weighted by atomic mass is 10.0. The lowest BCUT2D eigenvalue weighted by Crippen LogP contribution is -2.14. The highest BCUT2D eigenvalue weighted by molar-refractivity contribution is 5.48. The van der Waals surface area contributed by atoms with Crippen LogP contribution in [0.3, 0.4) is 0 Å². The van der Waals surface area contributed by atoms with Crippen LogP contribution >= 0.6 is 0 Å². The van der Waals surface area contributed by atoms with Crippen molar-refractivity contribution in [2.45, 2.75) is 26.7 Å². The van der Waals surface area contributed by atoms with Crippen LogP contribution in [0.1, 0.15) is 26.7 Å². The zero-order valence-corrected chi connectivity index (χ0v) is 11.5. The van der Waals surface area contributed by atoms with Crippen LogP contribution in [-0.4, -0.2) is 16.1 Å². The van der Waals surface area contributed by atoms with Gasteiger partial charge in [0.1, 0.15) is 0 Å². The summed E-state index contributed by atoms with van der Waals surface area (Å²) < 4.78 is 1.59. The quantitative estimate of drug-likeness (QED) is 0.837. The highest BCUT2D eigenvalue weighted by Gasteiger charge is 2.03. The molecule has 0 aliphatic rings. The number of aromatic nitrogens is 2. The van der Waals surface area contributed by atoms with Gasteiger partial charge in [-0.05, 0) is 30.2 Å². The lowest BCUT2D eigenvalue weighted by molar-refractivity contribution is 0.519. The van der Waals surface area contributed by atoms with E-state index in [1.165, 1.54) is 12.8 Å². The second kappa shape index (κ2) is 6.27. The van der Waals surface area contributed by atoms with Gasteiger partial charge in [0.15, 0.2) is 0 Å². The second-order valence-electron chi connectivity index (χ2n) is 4.75. The number of nitrogens with one attached hydrogen (secondary N) is 2. The third-order valence-corrected chi connectivity index (χ3v) is 3.54. The maximum absolute atomic E-state index is 11.5. The number of benzene rings is 1. The van der Waals surface area contributed by atoms with Crippen LogP contribution in [0.5, 0.6) is 0 Å². The van der Waals surface area contributed by atoms with Gasteiger partial charge in [-0.3, -0.25) is 4.57 Å². The van der Waals surface area contributed by atoms with E-state index in [9.17, 15) is 4.79 Å². The van der Waals surface area contributed by atoms with Gasteiger partial charge in [0, 0.05) is 24.6 Å². The molecule has 2 rings (SSSR count). The van der Waals surface area contributed by atoms with Crippen LogP contribution in [0.25, 0.3) is 5.69 Å². The summed E-state index contributed by atoms with van der Waals surface area (Å²) in [7, 11) is 0. The fraction of sp³-hybridized carbons (Fsp3) is 0.400. The van der Waals surface area contributed by atoms with E-state index in [1.807, 2.05) is 24.3 Å². The summed E-state index contributed by atoms with van der Waals surface area (Å²) in [5, 5.41) is 3.44. The molecule has 0 aliphatic heterocycles. The molecule has 0 fully saturated rings. The maximum atomic E-state index is 11.5. The minimum absolute atomic E-state index is 0.113. The molecule has 0 unspecified atom stereocenters. The Balaban J connectivity index is 2.03. The maximum Gasteiger partial charge on any atom is 0.330 e. The SMILES string of the molecule is CCC(CC)CNc1ccc(-n2cc[nH]c2=O)cc1. The molecule has 4 heteroatoms. The van der Waals surface area contributed by atoms with Crippen molar-refractivity contribution in [1.82, 2.24) is 9.55 Å². The van der Waals surface area contributed by atoms with E-state index in [0.717, 1.165) is 17.9 Å². The molecule has 2 N–H and O–H groups in total. The standard InChI is InChI=1S/C15H21N3O/c1-3-12(4-2)11-17-13-5-7-14(8-6-13)18-10-9-16-15(18)19/h5-10,12,17H,3-4,11H2,1-2H3,(H,16,19). The first-order chi connectivity index (χ1) is 9.24. The highest BCUT2D eigenvalue weighted by Crippen LogP contribution is 2.14. The molecule has 1 aromatic heterocycles. The van der Waals surface area contributed by atoms with Gasteiger partial charge in [0.05, 0.1) is 5.69 Å². The fourth-order valence-electron chi connectivity index (χ4n) is 2.10. The van der Waals surface area contributed by atoms with Crippen molar-refractivity contribution >= 4 is 5.69 Å². The molecule has 0 aliphatic carbocycles. The molecule has 0 saturated carbocycles. The van der Waals surface area contributed by atoms with Crippen molar-refractivity contribution < 1.29 is 0 Å². The summed E-state index contributed by atoms with van der Waals surface area (Å²) in [5.74, 6) is 0.715. The zero-order valence-electron chi connectivity index (χ0n) is 11.5. The monoisotopic (exact) mass is 259 g/mol. The van der Waals surface area contributed by atoms with E-state index in [0.29, 0.717) is 5.92 Å². The van der Waals surface area contributed by atoms with Gasteiger partial charge in [-0.25, -0.2) is 4.79 Å². The number of H-pyrrole nitrogens is 1. The molecule has 0 amide bonds. The zero-order chi connectivity index (χ0) is 13.7. The minimum atomic E-state index is -0.113. The molecule has 1 heterocycles.